The van der Waals surface area contributed by atoms with Crippen molar-refractivity contribution in [3.63, 3.8) is 0 Å². The smallest absolute Gasteiger partial charge is 0.270 e. The van der Waals surface area contributed by atoms with Crippen molar-refractivity contribution in [3.05, 3.63) is 57.3 Å². The van der Waals surface area contributed by atoms with Crippen molar-refractivity contribution in [1.29, 1.82) is 0 Å². The van der Waals surface area contributed by atoms with Gasteiger partial charge in [-0.05, 0) is 68.6 Å². The fourth-order valence-corrected chi connectivity index (χ4v) is 4.60. The van der Waals surface area contributed by atoms with Gasteiger partial charge in [-0.15, -0.1) is 0 Å². The summed E-state index contributed by atoms with van der Waals surface area (Å²) in [6.07, 6.45) is 8.65. The Morgan fingerprint density at radius 1 is 1.16 bits per heavy atom. The van der Waals surface area contributed by atoms with E-state index in [0.717, 1.165) is 37.2 Å². The zero-order valence-electron chi connectivity index (χ0n) is 18.2. The number of likely N-dealkylation sites (tertiary alicyclic amines) is 1. The van der Waals surface area contributed by atoms with Gasteiger partial charge in [-0.25, -0.2) is 0 Å². The number of H-pyrrole nitrogens is 1. The number of rotatable bonds is 6. The van der Waals surface area contributed by atoms with E-state index in [1.54, 1.807) is 21.7 Å². The molecule has 2 amide bonds. The minimum absolute atomic E-state index is 0.0481. The SMILES string of the molecule is Cn1cccc1C(=O)N1CCc2c(c[nH]c(=O)c2C(=O)NCCCN2CCCCC2)C1. The second-order valence-corrected chi connectivity index (χ2v) is 8.49. The summed E-state index contributed by atoms with van der Waals surface area (Å²) in [4.78, 5) is 45.0. The lowest BCUT2D eigenvalue weighted by molar-refractivity contribution is 0.0724. The molecule has 31 heavy (non-hydrogen) atoms. The summed E-state index contributed by atoms with van der Waals surface area (Å²) in [7, 11) is 1.84. The largest absolute Gasteiger partial charge is 0.352 e. The summed E-state index contributed by atoms with van der Waals surface area (Å²) in [5.74, 6) is -0.369. The first-order valence-corrected chi connectivity index (χ1v) is 11.2. The number of hydrogen-bond acceptors (Lipinski definition) is 4. The van der Waals surface area contributed by atoms with Gasteiger partial charge >= 0.3 is 0 Å². The van der Waals surface area contributed by atoms with Crippen LogP contribution in [-0.4, -0.2) is 63.9 Å². The standard InChI is InChI=1S/C23H31N5O3/c1-26-10-5-7-19(26)23(31)28-14-8-18-17(16-28)15-25-22(30)20(18)21(29)24-9-6-13-27-11-3-2-4-12-27/h5,7,10,15H,2-4,6,8-9,11-14,16H2,1H3,(H,24,29)(H,25,30). The van der Waals surface area contributed by atoms with Crippen LogP contribution in [0.4, 0.5) is 0 Å². The Bertz CT molecular complexity index is 1000. The maximum Gasteiger partial charge on any atom is 0.270 e. The fourth-order valence-electron chi connectivity index (χ4n) is 4.60. The van der Waals surface area contributed by atoms with Gasteiger partial charge < -0.3 is 24.7 Å². The van der Waals surface area contributed by atoms with Crippen molar-refractivity contribution in [2.45, 2.75) is 38.6 Å². The number of nitrogens with one attached hydrogen (secondary N) is 2. The van der Waals surface area contributed by atoms with E-state index in [9.17, 15) is 14.4 Å². The number of hydrogen-bond donors (Lipinski definition) is 2. The number of carbonyl (C=O) groups is 2. The molecule has 2 aliphatic rings. The quantitative estimate of drug-likeness (QED) is 0.687. The average molecular weight is 426 g/mol. The minimum Gasteiger partial charge on any atom is -0.352 e. The van der Waals surface area contributed by atoms with Crippen LogP contribution in [0.25, 0.3) is 0 Å². The summed E-state index contributed by atoms with van der Waals surface area (Å²) in [5, 5.41) is 2.92. The van der Waals surface area contributed by atoms with Crippen LogP contribution in [0.5, 0.6) is 0 Å². The van der Waals surface area contributed by atoms with Crippen LogP contribution < -0.4 is 10.9 Å². The van der Waals surface area contributed by atoms with Crippen LogP contribution in [0, 0.1) is 0 Å². The van der Waals surface area contributed by atoms with E-state index in [0.29, 0.717) is 31.7 Å². The summed E-state index contributed by atoms with van der Waals surface area (Å²) in [6, 6.07) is 3.64. The first kappa shape index (κ1) is 21.4. The number of aromatic amines is 1. The van der Waals surface area contributed by atoms with Gasteiger partial charge in [-0.3, -0.25) is 14.4 Å². The van der Waals surface area contributed by atoms with Gasteiger partial charge in [-0.2, -0.15) is 0 Å². The summed E-state index contributed by atoms with van der Waals surface area (Å²) >= 11 is 0. The van der Waals surface area contributed by atoms with Crippen molar-refractivity contribution >= 4 is 11.8 Å². The Labute approximate surface area is 182 Å². The molecule has 0 saturated carbocycles. The lowest BCUT2D eigenvalue weighted by atomic mass is 9.96. The molecule has 0 atom stereocenters. The minimum atomic E-state index is -0.366. The third-order valence-electron chi connectivity index (χ3n) is 6.35. The third-order valence-corrected chi connectivity index (χ3v) is 6.35. The molecule has 0 aromatic carbocycles. The molecular formula is C23H31N5O3. The average Bonchev–Trinajstić information content (AvgIpc) is 3.22. The Kier molecular flexibility index (Phi) is 6.56. The van der Waals surface area contributed by atoms with Crippen molar-refractivity contribution in [2.24, 2.45) is 7.05 Å². The van der Waals surface area contributed by atoms with Crippen molar-refractivity contribution < 1.29 is 9.59 Å². The summed E-state index contributed by atoms with van der Waals surface area (Å²) in [5.41, 5.74) is 2.04. The Hall–Kier alpha value is -2.87. The Morgan fingerprint density at radius 3 is 2.71 bits per heavy atom. The van der Waals surface area contributed by atoms with Gasteiger partial charge in [-0.1, -0.05) is 6.42 Å². The lowest BCUT2D eigenvalue weighted by Gasteiger charge is -2.29. The number of fused-ring (bicyclic) bond motifs is 1. The molecule has 8 nitrogen and oxygen atoms in total. The molecule has 2 aromatic heterocycles. The predicted octanol–water partition coefficient (Wildman–Crippen LogP) is 1.52. The van der Waals surface area contributed by atoms with Crippen LogP contribution >= 0.6 is 0 Å². The second-order valence-electron chi connectivity index (χ2n) is 8.49. The zero-order chi connectivity index (χ0) is 21.8. The van der Waals surface area contributed by atoms with Crippen LogP contribution in [-0.2, 0) is 20.0 Å². The molecule has 4 heterocycles. The number of nitrogens with zero attached hydrogens (tertiary/aromatic N) is 3. The number of piperidine rings is 1. The first-order valence-electron chi connectivity index (χ1n) is 11.2. The molecule has 4 rings (SSSR count). The van der Waals surface area contributed by atoms with Gasteiger partial charge in [0.05, 0.1) is 0 Å². The van der Waals surface area contributed by atoms with Crippen molar-refractivity contribution in [2.75, 3.05) is 32.7 Å². The molecule has 2 aromatic rings. The van der Waals surface area contributed by atoms with E-state index in [-0.39, 0.29) is 22.9 Å². The Balaban J connectivity index is 1.39. The number of pyridine rings is 1. The van der Waals surface area contributed by atoms with E-state index in [2.05, 4.69) is 15.2 Å². The molecular weight excluding hydrogens is 394 g/mol. The van der Waals surface area contributed by atoms with Crippen LogP contribution in [0.15, 0.2) is 29.3 Å². The van der Waals surface area contributed by atoms with E-state index >= 15 is 0 Å². The first-order chi connectivity index (χ1) is 15.0. The monoisotopic (exact) mass is 425 g/mol. The van der Waals surface area contributed by atoms with Gasteiger partial charge in [0.25, 0.3) is 17.4 Å². The fraction of sp³-hybridized carbons (Fsp3) is 0.522. The molecule has 8 heteroatoms. The van der Waals surface area contributed by atoms with Gasteiger partial charge in [0.15, 0.2) is 0 Å². The number of aryl methyl sites for hydroxylation is 1. The third kappa shape index (κ3) is 4.74. The molecule has 2 aliphatic heterocycles. The van der Waals surface area contributed by atoms with E-state index in [4.69, 9.17) is 0 Å². The molecule has 0 radical (unpaired) electrons. The van der Waals surface area contributed by atoms with E-state index in [1.165, 1.54) is 19.3 Å². The molecule has 2 N–H and O–H groups in total. The van der Waals surface area contributed by atoms with Gasteiger partial charge in [0, 0.05) is 39.1 Å². The number of amides is 2. The lowest BCUT2D eigenvalue weighted by Crippen LogP contribution is -2.40. The van der Waals surface area contributed by atoms with Gasteiger partial charge in [0.2, 0.25) is 0 Å². The molecule has 166 valence electrons. The zero-order valence-corrected chi connectivity index (χ0v) is 18.2. The van der Waals surface area contributed by atoms with Gasteiger partial charge in [0.1, 0.15) is 11.3 Å². The molecule has 0 unspecified atom stereocenters. The van der Waals surface area contributed by atoms with Crippen LogP contribution in [0.2, 0.25) is 0 Å². The summed E-state index contributed by atoms with van der Waals surface area (Å²) in [6.45, 7) is 4.66. The topological polar surface area (TPSA) is 90.4 Å². The van der Waals surface area contributed by atoms with Crippen LogP contribution in [0.3, 0.4) is 0 Å². The number of aromatic nitrogens is 2. The highest BCUT2D eigenvalue weighted by atomic mass is 16.2. The molecule has 1 saturated heterocycles. The molecule has 0 spiro atoms. The molecule has 0 aliphatic carbocycles. The van der Waals surface area contributed by atoms with E-state index < -0.39 is 0 Å². The molecule has 1 fully saturated rings. The van der Waals surface area contributed by atoms with Crippen molar-refractivity contribution in [1.82, 2.24) is 24.7 Å². The second kappa shape index (κ2) is 9.51. The predicted molar refractivity (Wildman–Crippen MR) is 118 cm³/mol. The maximum atomic E-state index is 12.8. The summed E-state index contributed by atoms with van der Waals surface area (Å²) < 4.78 is 1.80. The maximum absolute atomic E-state index is 12.8. The Morgan fingerprint density at radius 2 is 1.97 bits per heavy atom. The highest BCUT2D eigenvalue weighted by molar-refractivity contribution is 5.96. The van der Waals surface area contributed by atoms with Crippen molar-refractivity contribution in [3.8, 4) is 0 Å². The van der Waals surface area contributed by atoms with Crippen LogP contribution in [0.1, 0.15) is 57.7 Å². The molecule has 0 bridgehead atoms. The highest BCUT2D eigenvalue weighted by Crippen LogP contribution is 2.21. The van der Waals surface area contributed by atoms with E-state index in [1.807, 2.05) is 19.3 Å². The highest BCUT2D eigenvalue weighted by Gasteiger charge is 2.27. The number of carbonyl (C=O) groups excluding carboxylic acids is 2. The normalized spacial score (nSPS) is 16.7.